The SMILES string of the molecule is CNC1(CO)CCC(Sc2cccc(Br)c2)C1. The Balaban J connectivity index is 1.98. The van der Waals surface area contributed by atoms with Crippen molar-refractivity contribution < 1.29 is 5.11 Å². The maximum absolute atomic E-state index is 9.47. The van der Waals surface area contributed by atoms with E-state index >= 15 is 0 Å². The molecule has 94 valence electrons. The second-order valence-corrected chi connectivity index (χ2v) is 6.92. The van der Waals surface area contributed by atoms with Gasteiger partial charge >= 0.3 is 0 Å². The van der Waals surface area contributed by atoms with Crippen LogP contribution in [0.4, 0.5) is 0 Å². The van der Waals surface area contributed by atoms with Gasteiger partial charge in [-0.3, -0.25) is 0 Å². The molecule has 0 bridgehead atoms. The van der Waals surface area contributed by atoms with E-state index in [4.69, 9.17) is 0 Å². The third-order valence-electron chi connectivity index (χ3n) is 3.50. The minimum Gasteiger partial charge on any atom is -0.394 e. The topological polar surface area (TPSA) is 32.3 Å². The Morgan fingerprint density at radius 1 is 1.59 bits per heavy atom. The van der Waals surface area contributed by atoms with E-state index in [9.17, 15) is 5.11 Å². The Hall–Kier alpha value is -0.0300. The van der Waals surface area contributed by atoms with Gasteiger partial charge in [0.2, 0.25) is 0 Å². The highest BCUT2D eigenvalue weighted by atomic mass is 79.9. The normalized spacial score (nSPS) is 28.5. The zero-order valence-electron chi connectivity index (χ0n) is 9.95. The zero-order valence-corrected chi connectivity index (χ0v) is 12.4. The van der Waals surface area contributed by atoms with Gasteiger partial charge in [-0.2, -0.15) is 0 Å². The van der Waals surface area contributed by atoms with Crippen LogP contribution in [0.5, 0.6) is 0 Å². The average molecular weight is 316 g/mol. The Labute approximate surface area is 115 Å². The monoisotopic (exact) mass is 315 g/mol. The molecule has 0 heterocycles. The van der Waals surface area contributed by atoms with Crippen LogP contribution in [0.2, 0.25) is 0 Å². The predicted molar refractivity (Wildman–Crippen MR) is 76.5 cm³/mol. The standard InChI is InChI=1S/C13H18BrNOS/c1-15-13(9-16)6-5-12(8-13)17-11-4-2-3-10(14)7-11/h2-4,7,12,15-16H,5-6,8-9H2,1H3. The van der Waals surface area contributed by atoms with Gasteiger partial charge in [0.15, 0.2) is 0 Å². The molecular formula is C13H18BrNOS. The van der Waals surface area contributed by atoms with E-state index in [1.54, 1.807) is 0 Å². The average Bonchev–Trinajstić information content (AvgIpc) is 2.73. The molecule has 0 aromatic heterocycles. The van der Waals surface area contributed by atoms with Gasteiger partial charge in [0, 0.05) is 20.2 Å². The number of benzene rings is 1. The second-order valence-electron chi connectivity index (χ2n) is 4.63. The van der Waals surface area contributed by atoms with Crippen molar-refractivity contribution in [3.8, 4) is 0 Å². The van der Waals surface area contributed by atoms with Crippen molar-refractivity contribution in [2.45, 2.75) is 34.9 Å². The maximum Gasteiger partial charge on any atom is 0.0613 e. The van der Waals surface area contributed by atoms with E-state index in [-0.39, 0.29) is 12.1 Å². The first-order valence-corrected chi connectivity index (χ1v) is 7.57. The number of likely N-dealkylation sites (N-methyl/N-ethyl adjacent to an activating group) is 1. The van der Waals surface area contributed by atoms with Gasteiger partial charge in [-0.25, -0.2) is 0 Å². The van der Waals surface area contributed by atoms with Crippen LogP contribution in [0.3, 0.4) is 0 Å². The summed E-state index contributed by atoms with van der Waals surface area (Å²) in [6.45, 7) is 0.235. The van der Waals surface area contributed by atoms with Crippen LogP contribution in [0.25, 0.3) is 0 Å². The summed E-state index contributed by atoms with van der Waals surface area (Å²) in [6, 6.07) is 8.42. The molecule has 1 saturated carbocycles. The van der Waals surface area contributed by atoms with E-state index in [1.807, 2.05) is 24.9 Å². The zero-order chi connectivity index (χ0) is 12.3. The van der Waals surface area contributed by atoms with Crippen molar-refractivity contribution in [3.05, 3.63) is 28.7 Å². The predicted octanol–water partition coefficient (Wildman–Crippen LogP) is 3.04. The molecule has 17 heavy (non-hydrogen) atoms. The van der Waals surface area contributed by atoms with Gasteiger partial charge < -0.3 is 10.4 Å². The molecule has 0 radical (unpaired) electrons. The van der Waals surface area contributed by atoms with Crippen LogP contribution in [0.1, 0.15) is 19.3 Å². The summed E-state index contributed by atoms with van der Waals surface area (Å²) in [5.41, 5.74) is -0.0519. The van der Waals surface area contributed by atoms with E-state index in [0.29, 0.717) is 5.25 Å². The molecule has 4 heteroatoms. The minimum absolute atomic E-state index is 0.0519. The van der Waals surface area contributed by atoms with Crippen molar-refractivity contribution in [1.82, 2.24) is 5.32 Å². The molecule has 1 aromatic rings. The summed E-state index contributed by atoms with van der Waals surface area (Å²) in [6.07, 6.45) is 3.27. The summed E-state index contributed by atoms with van der Waals surface area (Å²) >= 11 is 5.41. The van der Waals surface area contributed by atoms with Crippen molar-refractivity contribution >= 4 is 27.7 Å². The molecule has 0 saturated heterocycles. The van der Waals surface area contributed by atoms with E-state index in [1.165, 1.54) is 11.3 Å². The lowest BCUT2D eigenvalue weighted by Crippen LogP contribution is -2.44. The molecule has 1 aliphatic carbocycles. The number of aliphatic hydroxyl groups excluding tert-OH is 1. The highest BCUT2D eigenvalue weighted by Crippen LogP contribution is 2.40. The summed E-state index contributed by atoms with van der Waals surface area (Å²) in [7, 11) is 1.95. The second kappa shape index (κ2) is 5.74. The lowest BCUT2D eigenvalue weighted by Gasteiger charge is -2.26. The first-order chi connectivity index (χ1) is 8.17. The maximum atomic E-state index is 9.47. The third kappa shape index (κ3) is 3.25. The first-order valence-electron chi connectivity index (χ1n) is 5.89. The molecule has 2 atom stereocenters. The van der Waals surface area contributed by atoms with Crippen LogP contribution in [-0.2, 0) is 0 Å². The molecule has 1 fully saturated rings. The third-order valence-corrected chi connectivity index (χ3v) is 5.25. The van der Waals surface area contributed by atoms with Gasteiger partial charge in [-0.05, 0) is 44.5 Å². The molecule has 2 rings (SSSR count). The fourth-order valence-corrected chi connectivity index (χ4v) is 4.29. The fourth-order valence-electron chi connectivity index (χ4n) is 2.36. The Kier molecular flexibility index (Phi) is 4.53. The smallest absolute Gasteiger partial charge is 0.0613 e. The molecule has 2 unspecified atom stereocenters. The Bertz CT molecular complexity index is 381. The van der Waals surface area contributed by atoms with Crippen molar-refractivity contribution in [2.24, 2.45) is 0 Å². The van der Waals surface area contributed by atoms with Crippen molar-refractivity contribution in [2.75, 3.05) is 13.7 Å². The molecule has 0 aliphatic heterocycles. The van der Waals surface area contributed by atoms with Gasteiger partial charge in [-0.15, -0.1) is 11.8 Å². The van der Waals surface area contributed by atoms with Crippen LogP contribution < -0.4 is 5.32 Å². The highest BCUT2D eigenvalue weighted by molar-refractivity contribution is 9.10. The quantitative estimate of drug-likeness (QED) is 0.895. The van der Waals surface area contributed by atoms with Crippen molar-refractivity contribution in [3.63, 3.8) is 0 Å². The molecule has 0 amide bonds. The van der Waals surface area contributed by atoms with Crippen LogP contribution in [0, 0.1) is 0 Å². The van der Waals surface area contributed by atoms with Crippen LogP contribution in [-0.4, -0.2) is 29.5 Å². The fraction of sp³-hybridized carbons (Fsp3) is 0.538. The molecule has 1 aromatic carbocycles. The Morgan fingerprint density at radius 3 is 3.00 bits per heavy atom. The highest BCUT2D eigenvalue weighted by Gasteiger charge is 2.37. The van der Waals surface area contributed by atoms with Crippen molar-refractivity contribution in [1.29, 1.82) is 0 Å². The van der Waals surface area contributed by atoms with Gasteiger partial charge in [0.25, 0.3) is 0 Å². The number of nitrogens with one attached hydrogen (secondary N) is 1. The summed E-state index contributed by atoms with van der Waals surface area (Å²) in [5, 5.41) is 13.3. The first kappa shape index (κ1) is 13.4. The van der Waals surface area contributed by atoms with Gasteiger partial charge in [0.1, 0.15) is 0 Å². The molecule has 2 N–H and O–H groups in total. The number of hydrogen-bond acceptors (Lipinski definition) is 3. The van der Waals surface area contributed by atoms with Gasteiger partial charge in [-0.1, -0.05) is 22.0 Å². The minimum atomic E-state index is -0.0519. The molecule has 0 spiro atoms. The summed E-state index contributed by atoms with van der Waals surface area (Å²) < 4.78 is 1.13. The van der Waals surface area contributed by atoms with Gasteiger partial charge in [0.05, 0.1) is 6.61 Å². The molecule has 2 nitrogen and oxygen atoms in total. The lowest BCUT2D eigenvalue weighted by atomic mass is 10.00. The number of aliphatic hydroxyl groups is 1. The van der Waals surface area contributed by atoms with E-state index < -0.39 is 0 Å². The number of thioether (sulfide) groups is 1. The largest absolute Gasteiger partial charge is 0.394 e. The summed E-state index contributed by atoms with van der Waals surface area (Å²) in [5.74, 6) is 0. The summed E-state index contributed by atoms with van der Waals surface area (Å²) in [4.78, 5) is 1.30. The number of hydrogen-bond donors (Lipinski definition) is 2. The van der Waals surface area contributed by atoms with Crippen LogP contribution in [0.15, 0.2) is 33.6 Å². The Morgan fingerprint density at radius 2 is 2.41 bits per heavy atom. The lowest BCUT2D eigenvalue weighted by molar-refractivity contribution is 0.173. The van der Waals surface area contributed by atoms with E-state index in [0.717, 1.165) is 17.3 Å². The molecular weight excluding hydrogens is 298 g/mol. The molecule has 1 aliphatic rings. The number of halogens is 1. The van der Waals surface area contributed by atoms with Crippen LogP contribution >= 0.6 is 27.7 Å². The number of rotatable bonds is 4. The van der Waals surface area contributed by atoms with E-state index in [2.05, 4.69) is 39.4 Å².